The number of aromatic nitrogens is 2. The van der Waals surface area contributed by atoms with Crippen LogP contribution in [-0.2, 0) is 0 Å². The van der Waals surface area contributed by atoms with Gasteiger partial charge in [0.25, 0.3) is 0 Å². The summed E-state index contributed by atoms with van der Waals surface area (Å²) in [5.74, 6) is -0.0196. The van der Waals surface area contributed by atoms with E-state index in [-0.39, 0.29) is 0 Å². The van der Waals surface area contributed by atoms with Crippen LogP contribution in [0.4, 0.5) is 0 Å². The molecular weight excluding hydrogens is 204 g/mol. The van der Waals surface area contributed by atoms with E-state index in [2.05, 4.69) is 4.98 Å². The Morgan fingerprint density at radius 1 is 1.38 bits per heavy atom. The van der Waals surface area contributed by atoms with Crippen molar-refractivity contribution in [1.29, 1.82) is 0 Å². The van der Waals surface area contributed by atoms with Gasteiger partial charge in [0.1, 0.15) is 5.82 Å². The molecule has 0 saturated carbocycles. The van der Waals surface area contributed by atoms with E-state index in [1.165, 1.54) is 0 Å². The Hall–Kier alpha value is -2.10. The van der Waals surface area contributed by atoms with Crippen LogP contribution in [0.25, 0.3) is 5.69 Å². The predicted molar refractivity (Wildman–Crippen MR) is 60.0 cm³/mol. The van der Waals surface area contributed by atoms with Crippen molar-refractivity contribution < 1.29 is 9.90 Å². The van der Waals surface area contributed by atoms with Gasteiger partial charge in [-0.15, -0.1) is 0 Å². The van der Waals surface area contributed by atoms with E-state index in [1.807, 2.05) is 23.8 Å². The maximum atomic E-state index is 10.9. The van der Waals surface area contributed by atoms with Gasteiger partial charge in [0.2, 0.25) is 0 Å². The molecule has 0 unspecified atom stereocenters. The summed E-state index contributed by atoms with van der Waals surface area (Å²) in [5, 5.41) is 8.92. The molecule has 1 aromatic carbocycles. The van der Waals surface area contributed by atoms with Crippen molar-refractivity contribution in [1.82, 2.24) is 9.55 Å². The summed E-state index contributed by atoms with van der Waals surface area (Å²) in [6.45, 7) is 3.69. The van der Waals surface area contributed by atoms with Gasteiger partial charge in [-0.1, -0.05) is 0 Å². The van der Waals surface area contributed by atoms with Gasteiger partial charge in [-0.3, -0.25) is 0 Å². The molecule has 1 aromatic heterocycles. The summed E-state index contributed by atoms with van der Waals surface area (Å²) in [5.41, 5.74) is 2.01. The number of aryl methyl sites for hydroxylation is 2. The van der Waals surface area contributed by atoms with Crippen molar-refractivity contribution in [3.8, 4) is 5.69 Å². The summed E-state index contributed by atoms with van der Waals surface area (Å²) in [6.07, 6.45) is 3.57. The quantitative estimate of drug-likeness (QED) is 0.837. The molecule has 0 atom stereocenters. The summed E-state index contributed by atoms with van der Waals surface area (Å²) in [6, 6.07) is 5.25. The second-order valence-electron chi connectivity index (χ2n) is 3.65. The second-order valence-corrected chi connectivity index (χ2v) is 3.65. The third-order valence-electron chi connectivity index (χ3n) is 2.54. The smallest absolute Gasteiger partial charge is 0.335 e. The molecule has 16 heavy (non-hydrogen) atoms. The summed E-state index contributed by atoms with van der Waals surface area (Å²) >= 11 is 0. The van der Waals surface area contributed by atoms with Gasteiger partial charge in [-0.25, -0.2) is 9.78 Å². The number of carboxylic acid groups (broad SMARTS) is 1. The highest BCUT2D eigenvalue weighted by Crippen LogP contribution is 2.15. The number of carbonyl (C=O) groups is 1. The van der Waals surface area contributed by atoms with Crippen LogP contribution >= 0.6 is 0 Å². The van der Waals surface area contributed by atoms with E-state index in [0.717, 1.165) is 17.1 Å². The highest BCUT2D eigenvalue weighted by molar-refractivity contribution is 5.89. The first-order valence-corrected chi connectivity index (χ1v) is 4.94. The largest absolute Gasteiger partial charge is 0.478 e. The number of aromatic carboxylic acids is 1. The normalized spacial score (nSPS) is 10.4. The molecule has 82 valence electrons. The van der Waals surface area contributed by atoms with E-state index < -0.39 is 5.97 Å². The minimum Gasteiger partial charge on any atom is -0.478 e. The fraction of sp³-hybridized carbons (Fsp3) is 0.167. The molecule has 0 aliphatic carbocycles. The van der Waals surface area contributed by atoms with E-state index >= 15 is 0 Å². The molecule has 1 N–H and O–H groups in total. The topological polar surface area (TPSA) is 55.1 Å². The number of hydrogen-bond donors (Lipinski definition) is 1. The molecule has 0 aliphatic rings. The van der Waals surface area contributed by atoms with Crippen LogP contribution in [0.15, 0.2) is 30.6 Å². The van der Waals surface area contributed by atoms with Crippen LogP contribution in [0.2, 0.25) is 0 Å². The average molecular weight is 216 g/mol. The minimum absolute atomic E-state index is 0.335. The van der Waals surface area contributed by atoms with Crippen LogP contribution < -0.4 is 0 Å². The molecule has 0 fully saturated rings. The molecule has 4 heteroatoms. The van der Waals surface area contributed by atoms with E-state index in [0.29, 0.717) is 5.56 Å². The van der Waals surface area contributed by atoms with E-state index in [9.17, 15) is 4.79 Å². The maximum absolute atomic E-state index is 10.9. The first kappa shape index (κ1) is 10.4. The third-order valence-corrected chi connectivity index (χ3v) is 2.54. The molecule has 4 nitrogen and oxygen atoms in total. The van der Waals surface area contributed by atoms with Gasteiger partial charge in [-0.2, -0.15) is 0 Å². The Kier molecular flexibility index (Phi) is 2.48. The van der Waals surface area contributed by atoms with Crippen LogP contribution in [0.3, 0.4) is 0 Å². The number of hydrogen-bond acceptors (Lipinski definition) is 2. The average Bonchev–Trinajstić information content (AvgIpc) is 2.63. The lowest BCUT2D eigenvalue weighted by Crippen LogP contribution is -2.02. The van der Waals surface area contributed by atoms with Crippen LogP contribution in [0.1, 0.15) is 21.7 Å². The van der Waals surface area contributed by atoms with Gasteiger partial charge in [0.15, 0.2) is 0 Å². The Morgan fingerprint density at radius 3 is 2.62 bits per heavy atom. The zero-order valence-corrected chi connectivity index (χ0v) is 9.14. The fourth-order valence-corrected chi connectivity index (χ4v) is 1.69. The van der Waals surface area contributed by atoms with Crippen molar-refractivity contribution in [2.75, 3.05) is 0 Å². The summed E-state index contributed by atoms with van der Waals surface area (Å²) in [4.78, 5) is 15.0. The lowest BCUT2D eigenvalue weighted by atomic mass is 10.1. The molecule has 0 spiro atoms. The summed E-state index contributed by atoms with van der Waals surface area (Å²) < 4.78 is 1.92. The Morgan fingerprint density at radius 2 is 2.12 bits per heavy atom. The van der Waals surface area contributed by atoms with Crippen molar-refractivity contribution >= 4 is 5.97 Å². The van der Waals surface area contributed by atoms with Gasteiger partial charge >= 0.3 is 5.97 Å². The predicted octanol–water partition coefficient (Wildman–Crippen LogP) is 2.19. The van der Waals surface area contributed by atoms with Crippen molar-refractivity contribution in [2.24, 2.45) is 0 Å². The monoisotopic (exact) mass is 216 g/mol. The van der Waals surface area contributed by atoms with Crippen LogP contribution in [-0.4, -0.2) is 20.6 Å². The SMILES string of the molecule is Cc1cc(-n2ccnc2C)ccc1C(=O)O. The number of carboxylic acids is 1. The molecule has 2 rings (SSSR count). The standard InChI is InChI=1S/C12H12N2O2/c1-8-7-10(3-4-11(8)12(15)16)14-6-5-13-9(14)2/h3-7H,1-2H3,(H,15,16). The number of rotatable bonds is 2. The molecule has 0 saturated heterocycles. The zero-order valence-electron chi connectivity index (χ0n) is 9.14. The summed E-state index contributed by atoms with van der Waals surface area (Å²) in [7, 11) is 0. The molecule has 0 amide bonds. The lowest BCUT2D eigenvalue weighted by molar-refractivity contribution is 0.0696. The molecular formula is C12H12N2O2. The van der Waals surface area contributed by atoms with Gasteiger partial charge in [0, 0.05) is 18.1 Å². The molecule has 0 radical (unpaired) electrons. The molecule has 1 heterocycles. The van der Waals surface area contributed by atoms with Crippen LogP contribution in [0.5, 0.6) is 0 Å². The Bertz CT molecular complexity index is 544. The van der Waals surface area contributed by atoms with Gasteiger partial charge < -0.3 is 9.67 Å². The zero-order chi connectivity index (χ0) is 11.7. The Labute approximate surface area is 93.2 Å². The first-order chi connectivity index (χ1) is 7.59. The van der Waals surface area contributed by atoms with Crippen molar-refractivity contribution in [3.05, 3.63) is 47.5 Å². The Balaban J connectivity index is 2.50. The van der Waals surface area contributed by atoms with Gasteiger partial charge in [-0.05, 0) is 37.6 Å². The molecule has 0 aliphatic heterocycles. The van der Waals surface area contributed by atoms with Crippen LogP contribution in [0, 0.1) is 13.8 Å². The molecule has 0 bridgehead atoms. The van der Waals surface area contributed by atoms with Gasteiger partial charge in [0.05, 0.1) is 5.56 Å². The highest BCUT2D eigenvalue weighted by atomic mass is 16.4. The first-order valence-electron chi connectivity index (χ1n) is 4.94. The maximum Gasteiger partial charge on any atom is 0.335 e. The lowest BCUT2D eigenvalue weighted by Gasteiger charge is -2.07. The van der Waals surface area contributed by atoms with E-state index in [1.54, 1.807) is 25.3 Å². The number of nitrogens with zero attached hydrogens (tertiary/aromatic N) is 2. The van der Waals surface area contributed by atoms with Crippen molar-refractivity contribution in [2.45, 2.75) is 13.8 Å². The fourth-order valence-electron chi connectivity index (χ4n) is 1.69. The van der Waals surface area contributed by atoms with Crippen molar-refractivity contribution in [3.63, 3.8) is 0 Å². The van der Waals surface area contributed by atoms with E-state index in [4.69, 9.17) is 5.11 Å². The second kappa shape index (κ2) is 3.81. The highest BCUT2D eigenvalue weighted by Gasteiger charge is 2.08. The number of benzene rings is 1. The number of imidazole rings is 1. The molecule has 2 aromatic rings. The third kappa shape index (κ3) is 1.69. The minimum atomic E-state index is -0.897.